The third kappa shape index (κ3) is 5.57. The minimum atomic E-state index is -0.537. The fourth-order valence-corrected chi connectivity index (χ4v) is 3.01. The summed E-state index contributed by atoms with van der Waals surface area (Å²) >= 11 is 0. The Bertz CT molecular complexity index is 910. The van der Waals surface area contributed by atoms with Crippen molar-refractivity contribution in [2.45, 2.75) is 26.7 Å². The smallest absolute Gasteiger partial charge is 0.411 e. The van der Waals surface area contributed by atoms with Gasteiger partial charge >= 0.3 is 6.09 Å². The van der Waals surface area contributed by atoms with Crippen LogP contribution in [0.1, 0.15) is 37.0 Å². The normalized spacial score (nSPS) is 13.5. The first-order valence-electron chi connectivity index (χ1n) is 9.68. The number of rotatable bonds is 6. The van der Waals surface area contributed by atoms with E-state index < -0.39 is 6.09 Å². The van der Waals surface area contributed by atoms with E-state index in [-0.39, 0.29) is 17.7 Å². The van der Waals surface area contributed by atoms with Crippen LogP contribution in [0.25, 0.3) is 0 Å². The molecule has 29 heavy (non-hydrogen) atoms. The van der Waals surface area contributed by atoms with Crippen LogP contribution in [0.5, 0.6) is 0 Å². The van der Waals surface area contributed by atoms with Crippen molar-refractivity contribution in [1.29, 1.82) is 0 Å². The van der Waals surface area contributed by atoms with Gasteiger partial charge in [-0.15, -0.1) is 0 Å². The number of nitrogens with zero attached hydrogens (tertiary/aromatic N) is 1. The maximum absolute atomic E-state index is 12.6. The Labute approximate surface area is 170 Å². The number of carbonyl (C=O) groups is 3. The summed E-state index contributed by atoms with van der Waals surface area (Å²) in [6, 6.07) is 13.8. The topological polar surface area (TPSA) is 87.7 Å². The van der Waals surface area contributed by atoms with Crippen LogP contribution in [0.3, 0.4) is 0 Å². The molecule has 3 amide bonds. The lowest BCUT2D eigenvalue weighted by Gasteiger charge is -2.16. The molecule has 1 aliphatic heterocycles. The highest BCUT2D eigenvalue weighted by Crippen LogP contribution is 2.23. The van der Waals surface area contributed by atoms with Gasteiger partial charge < -0.3 is 15.0 Å². The molecule has 0 unspecified atom stereocenters. The lowest BCUT2D eigenvalue weighted by molar-refractivity contribution is -0.117. The molecule has 2 N–H and O–H groups in total. The van der Waals surface area contributed by atoms with Crippen molar-refractivity contribution in [2.75, 3.05) is 28.7 Å². The van der Waals surface area contributed by atoms with Gasteiger partial charge in [-0.25, -0.2) is 4.79 Å². The van der Waals surface area contributed by atoms with Crippen LogP contribution in [0, 0.1) is 5.92 Å². The van der Waals surface area contributed by atoms with E-state index in [1.165, 1.54) is 0 Å². The number of benzene rings is 2. The van der Waals surface area contributed by atoms with Gasteiger partial charge in [0, 0.05) is 35.6 Å². The van der Waals surface area contributed by atoms with E-state index in [1.807, 2.05) is 19.9 Å². The second-order valence-electron chi connectivity index (χ2n) is 7.35. The molecule has 7 nitrogen and oxygen atoms in total. The molecule has 1 fully saturated rings. The number of anilines is 3. The van der Waals surface area contributed by atoms with Crippen molar-refractivity contribution < 1.29 is 19.1 Å². The molecule has 0 aromatic heterocycles. The van der Waals surface area contributed by atoms with Gasteiger partial charge in [0.1, 0.15) is 0 Å². The van der Waals surface area contributed by atoms with Crippen LogP contribution in [-0.4, -0.2) is 31.1 Å². The minimum absolute atomic E-state index is 0.0747. The largest absolute Gasteiger partial charge is 0.449 e. The molecule has 0 spiro atoms. The maximum atomic E-state index is 12.6. The summed E-state index contributed by atoms with van der Waals surface area (Å²) in [5.41, 5.74) is 2.24. The molecule has 0 aliphatic carbocycles. The van der Waals surface area contributed by atoms with Crippen LogP contribution >= 0.6 is 0 Å². The second-order valence-corrected chi connectivity index (χ2v) is 7.35. The van der Waals surface area contributed by atoms with Crippen molar-refractivity contribution in [1.82, 2.24) is 0 Å². The van der Waals surface area contributed by atoms with Gasteiger partial charge in [0.05, 0.1) is 6.61 Å². The summed E-state index contributed by atoms with van der Waals surface area (Å²) in [6.07, 6.45) is 0.829. The lowest BCUT2D eigenvalue weighted by Crippen LogP contribution is -2.24. The number of nitrogens with one attached hydrogen (secondary N) is 2. The zero-order chi connectivity index (χ0) is 20.8. The predicted molar refractivity (Wildman–Crippen MR) is 112 cm³/mol. The fraction of sp³-hybridized carbons (Fsp3) is 0.318. The quantitative estimate of drug-likeness (QED) is 0.765. The molecule has 2 aromatic carbocycles. The van der Waals surface area contributed by atoms with Gasteiger partial charge in [0.25, 0.3) is 5.91 Å². The molecular weight excluding hydrogens is 370 g/mol. The van der Waals surface area contributed by atoms with Crippen LogP contribution in [0.2, 0.25) is 0 Å². The number of carbonyl (C=O) groups excluding carboxylic acids is 3. The Morgan fingerprint density at radius 2 is 1.79 bits per heavy atom. The Hall–Kier alpha value is -3.35. The first-order valence-corrected chi connectivity index (χ1v) is 9.68. The van der Waals surface area contributed by atoms with Crippen LogP contribution < -0.4 is 15.5 Å². The zero-order valence-electron chi connectivity index (χ0n) is 16.6. The van der Waals surface area contributed by atoms with Crippen molar-refractivity contribution in [2.24, 2.45) is 5.92 Å². The van der Waals surface area contributed by atoms with E-state index in [0.29, 0.717) is 36.5 Å². The molecule has 152 valence electrons. The molecule has 0 radical (unpaired) electrons. The molecule has 7 heteroatoms. The van der Waals surface area contributed by atoms with Crippen molar-refractivity contribution >= 4 is 35.0 Å². The van der Waals surface area contributed by atoms with E-state index in [0.717, 1.165) is 12.1 Å². The average Bonchev–Trinajstić information content (AvgIpc) is 3.13. The molecule has 2 aromatic rings. The summed E-state index contributed by atoms with van der Waals surface area (Å²) in [5.74, 6) is 0.0294. The molecule has 0 bridgehead atoms. The van der Waals surface area contributed by atoms with Gasteiger partial charge in [0.2, 0.25) is 5.91 Å². The van der Waals surface area contributed by atoms with Gasteiger partial charge in [-0.05, 0) is 48.7 Å². The molecular formula is C22H25N3O4. The van der Waals surface area contributed by atoms with E-state index in [4.69, 9.17) is 4.74 Å². The van der Waals surface area contributed by atoms with Crippen molar-refractivity contribution in [3.8, 4) is 0 Å². The van der Waals surface area contributed by atoms with Crippen LogP contribution in [0.15, 0.2) is 48.5 Å². The first kappa shape index (κ1) is 20.4. The highest BCUT2D eigenvalue weighted by molar-refractivity contribution is 6.06. The fourth-order valence-electron chi connectivity index (χ4n) is 3.01. The molecule has 0 saturated carbocycles. The Morgan fingerprint density at radius 1 is 1.07 bits per heavy atom. The summed E-state index contributed by atoms with van der Waals surface area (Å²) in [4.78, 5) is 38.1. The van der Waals surface area contributed by atoms with Crippen LogP contribution in [0.4, 0.5) is 21.9 Å². The van der Waals surface area contributed by atoms with E-state index in [2.05, 4.69) is 10.6 Å². The highest BCUT2D eigenvalue weighted by Gasteiger charge is 2.22. The molecule has 1 aliphatic rings. The number of hydrogen-bond donors (Lipinski definition) is 2. The molecule has 0 atom stereocenters. The standard InChI is InChI=1S/C22H25N3O4/c1-15(2)14-29-22(28)24-18-8-4-7-17(13-18)23-21(27)16-6-3-9-19(12-16)25-11-5-10-20(25)26/h3-4,6-9,12-13,15H,5,10-11,14H2,1-2H3,(H,23,27)(H,24,28). The van der Waals surface area contributed by atoms with Crippen molar-refractivity contribution in [3.63, 3.8) is 0 Å². The highest BCUT2D eigenvalue weighted by atomic mass is 16.5. The van der Waals surface area contributed by atoms with Gasteiger partial charge in [-0.3, -0.25) is 14.9 Å². The second kappa shape index (κ2) is 9.23. The van der Waals surface area contributed by atoms with E-state index in [1.54, 1.807) is 47.4 Å². The summed E-state index contributed by atoms with van der Waals surface area (Å²) in [7, 11) is 0. The Balaban J connectivity index is 1.65. The summed E-state index contributed by atoms with van der Waals surface area (Å²) in [5, 5.41) is 5.46. The van der Waals surface area contributed by atoms with Crippen LogP contribution in [-0.2, 0) is 9.53 Å². The molecule has 1 saturated heterocycles. The predicted octanol–water partition coefficient (Wildman–Crippen LogP) is 4.27. The van der Waals surface area contributed by atoms with E-state index in [9.17, 15) is 14.4 Å². The van der Waals surface area contributed by atoms with Gasteiger partial charge in [-0.2, -0.15) is 0 Å². The third-order valence-electron chi connectivity index (χ3n) is 4.41. The summed E-state index contributed by atoms with van der Waals surface area (Å²) in [6.45, 7) is 4.92. The lowest BCUT2D eigenvalue weighted by atomic mass is 10.1. The number of ether oxygens (including phenoxy) is 1. The average molecular weight is 395 g/mol. The molecule has 1 heterocycles. The monoisotopic (exact) mass is 395 g/mol. The van der Waals surface area contributed by atoms with Gasteiger partial charge in [-0.1, -0.05) is 26.0 Å². The minimum Gasteiger partial charge on any atom is -0.449 e. The first-order chi connectivity index (χ1) is 13.9. The maximum Gasteiger partial charge on any atom is 0.411 e. The number of amides is 3. The summed E-state index contributed by atoms with van der Waals surface area (Å²) < 4.78 is 5.10. The van der Waals surface area contributed by atoms with Crippen molar-refractivity contribution in [3.05, 3.63) is 54.1 Å². The molecule has 3 rings (SSSR count). The third-order valence-corrected chi connectivity index (χ3v) is 4.41. The Kier molecular flexibility index (Phi) is 6.49. The van der Waals surface area contributed by atoms with Gasteiger partial charge in [0.15, 0.2) is 0 Å². The zero-order valence-corrected chi connectivity index (χ0v) is 16.6. The Morgan fingerprint density at radius 3 is 2.48 bits per heavy atom. The number of hydrogen-bond acceptors (Lipinski definition) is 4. The van der Waals surface area contributed by atoms with E-state index >= 15 is 0 Å². The SMILES string of the molecule is CC(C)COC(=O)Nc1cccc(NC(=O)c2cccc(N3CCCC3=O)c2)c1.